The Morgan fingerprint density at radius 2 is 1.95 bits per heavy atom. The minimum atomic E-state index is -4.41. The number of fused-ring (bicyclic) bond motifs is 1. The van der Waals surface area contributed by atoms with Crippen LogP contribution in [-0.4, -0.2) is 32.6 Å². The first kappa shape index (κ1) is 27.4. The Kier molecular flexibility index (Phi) is 8.56. The second-order valence-corrected chi connectivity index (χ2v) is 10.2. The van der Waals surface area contributed by atoms with E-state index in [9.17, 15) is 18.0 Å². The highest BCUT2D eigenvalue weighted by molar-refractivity contribution is 8.00. The number of thioether (sulfide) groups is 1. The molecule has 2 aromatic heterocycles. The highest BCUT2D eigenvalue weighted by atomic mass is 32.2. The van der Waals surface area contributed by atoms with Gasteiger partial charge in [-0.1, -0.05) is 12.1 Å². The summed E-state index contributed by atoms with van der Waals surface area (Å²) in [6, 6.07) is 16.0. The van der Waals surface area contributed by atoms with Gasteiger partial charge in [0, 0.05) is 34.8 Å². The van der Waals surface area contributed by atoms with E-state index in [1.54, 1.807) is 30.5 Å². The van der Waals surface area contributed by atoms with Crippen LogP contribution in [0.3, 0.4) is 0 Å². The molecule has 0 aliphatic carbocycles. The monoisotopic (exact) mass is 540 g/mol. The predicted molar refractivity (Wildman–Crippen MR) is 143 cm³/mol. The van der Waals surface area contributed by atoms with Gasteiger partial charge in [0.15, 0.2) is 0 Å². The number of nitrogens with one attached hydrogen (secondary N) is 2. The quantitative estimate of drug-likeness (QED) is 0.143. The molecule has 2 aromatic carbocycles. The van der Waals surface area contributed by atoms with Gasteiger partial charge >= 0.3 is 11.2 Å². The minimum absolute atomic E-state index is 0.0198. The van der Waals surface area contributed by atoms with E-state index in [2.05, 4.69) is 15.3 Å². The van der Waals surface area contributed by atoms with Gasteiger partial charge in [-0.05, 0) is 91.0 Å². The lowest BCUT2D eigenvalue weighted by atomic mass is 10.0. The van der Waals surface area contributed by atoms with Crippen LogP contribution in [0.5, 0.6) is 0 Å². The van der Waals surface area contributed by atoms with Gasteiger partial charge in [0.05, 0.1) is 18.3 Å². The van der Waals surface area contributed by atoms with Gasteiger partial charge in [-0.2, -0.15) is 23.4 Å². The van der Waals surface area contributed by atoms with E-state index in [0.29, 0.717) is 40.9 Å². The molecule has 0 fully saturated rings. The van der Waals surface area contributed by atoms with Crippen molar-refractivity contribution in [3.05, 3.63) is 76.3 Å². The van der Waals surface area contributed by atoms with E-state index in [0.717, 1.165) is 24.0 Å². The van der Waals surface area contributed by atoms with Gasteiger partial charge in [-0.15, -0.1) is 0 Å². The van der Waals surface area contributed by atoms with E-state index in [1.807, 2.05) is 31.2 Å². The summed E-state index contributed by atoms with van der Waals surface area (Å²) in [5, 5.41) is 12.3. The van der Waals surface area contributed by atoms with Crippen molar-refractivity contribution < 1.29 is 13.2 Å². The van der Waals surface area contributed by atoms with Crippen LogP contribution in [0.1, 0.15) is 30.9 Å². The number of H-pyrrole nitrogens is 1. The molecule has 198 valence electrons. The van der Waals surface area contributed by atoms with Crippen molar-refractivity contribution in [1.82, 2.24) is 19.9 Å². The molecule has 4 aromatic rings. The molecule has 2 heterocycles. The first-order chi connectivity index (χ1) is 18.1. The van der Waals surface area contributed by atoms with Crippen LogP contribution >= 0.6 is 11.8 Å². The smallest absolute Gasteiger partial charge is 0.339 e. The fraction of sp³-hybridized carbons (Fsp3) is 0.296. The summed E-state index contributed by atoms with van der Waals surface area (Å²) >= 11 is -0.149. The third kappa shape index (κ3) is 7.25. The lowest BCUT2D eigenvalue weighted by Crippen LogP contribution is -2.20. The Labute approximate surface area is 221 Å². The molecule has 0 aliphatic heterocycles. The molecule has 0 saturated carbocycles. The molecule has 0 saturated heterocycles. The SMILES string of the molecule is C[C@H](N)CCCc1cc(SC(F)(F)F)cc(-c2cc3cn(-c4ccc(CNCC#N)cc4)c(=O)nc3[nH]2)c1. The molecule has 0 amide bonds. The molecule has 4 rings (SSSR count). The number of hydrogen-bond donors (Lipinski definition) is 3. The van der Waals surface area contributed by atoms with Gasteiger partial charge < -0.3 is 16.0 Å². The van der Waals surface area contributed by atoms with Crippen molar-refractivity contribution in [3.8, 4) is 23.0 Å². The van der Waals surface area contributed by atoms with Crippen molar-refractivity contribution in [2.45, 2.75) is 49.2 Å². The Hall–Kier alpha value is -3.59. The molecular formula is C27H27F3N6OS. The fourth-order valence-corrected chi connectivity index (χ4v) is 4.82. The number of nitrogens with zero attached hydrogens (tertiary/aromatic N) is 3. The highest BCUT2D eigenvalue weighted by Gasteiger charge is 2.29. The summed E-state index contributed by atoms with van der Waals surface area (Å²) < 4.78 is 40.9. The zero-order valence-electron chi connectivity index (χ0n) is 20.7. The van der Waals surface area contributed by atoms with E-state index < -0.39 is 11.2 Å². The number of nitriles is 1. The number of nitrogens with two attached hydrogens (primary N) is 1. The summed E-state index contributed by atoms with van der Waals surface area (Å²) in [4.78, 5) is 20.1. The molecule has 0 unspecified atom stereocenters. The molecule has 11 heteroatoms. The molecule has 0 aliphatic rings. The number of aromatic amines is 1. The molecule has 0 radical (unpaired) electrons. The zero-order valence-corrected chi connectivity index (χ0v) is 21.5. The van der Waals surface area contributed by atoms with Gasteiger partial charge in [0.2, 0.25) is 0 Å². The van der Waals surface area contributed by atoms with Crippen molar-refractivity contribution in [2.24, 2.45) is 5.73 Å². The average Bonchev–Trinajstić information content (AvgIpc) is 3.26. The molecular weight excluding hydrogens is 513 g/mol. The lowest BCUT2D eigenvalue weighted by molar-refractivity contribution is -0.0328. The molecule has 0 bridgehead atoms. The van der Waals surface area contributed by atoms with Crippen LogP contribution in [0.4, 0.5) is 13.2 Å². The second kappa shape index (κ2) is 11.9. The van der Waals surface area contributed by atoms with Crippen molar-refractivity contribution in [3.63, 3.8) is 0 Å². The molecule has 0 spiro atoms. The third-order valence-corrected chi connectivity index (χ3v) is 6.59. The van der Waals surface area contributed by atoms with E-state index in [-0.39, 0.29) is 29.2 Å². The van der Waals surface area contributed by atoms with Crippen molar-refractivity contribution in [2.75, 3.05) is 6.54 Å². The molecule has 4 N–H and O–H groups in total. The standard InChI is InChI=1S/C27H27F3N6OS/c1-17(32)3-2-4-19-11-20(13-23(12-19)38-27(28,29)30)24-14-21-16-36(26(37)35-25(21)34-24)22-7-5-18(6-8-22)15-33-10-9-31/h5-8,11-14,16-17,33H,2-4,10,15,32H2,1H3,(H,34,35,37)/t17-/m0/s1. The van der Waals surface area contributed by atoms with Crippen LogP contribution in [0.2, 0.25) is 0 Å². The maximum Gasteiger partial charge on any atom is 0.446 e. The molecule has 1 atom stereocenters. The topological polar surface area (TPSA) is 113 Å². The van der Waals surface area contributed by atoms with Gasteiger partial charge in [-0.25, -0.2) is 4.79 Å². The van der Waals surface area contributed by atoms with Crippen LogP contribution in [-0.2, 0) is 13.0 Å². The van der Waals surface area contributed by atoms with Gasteiger partial charge in [0.25, 0.3) is 0 Å². The number of halogens is 3. The lowest BCUT2D eigenvalue weighted by Gasteiger charge is -2.11. The van der Waals surface area contributed by atoms with Crippen molar-refractivity contribution >= 4 is 22.8 Å². The normalized spacial score (nSPS) is 12.5. The molecule has 7 nitrogen and oxygen atoms in total. The maximum absolute atomic E-state index is 13.2. The average molecular weight is 541 g/mol. The highest BCUT2D eigenvalue weighted by Crippen LogP contribution is 2.39. The summed E-state index contributed by atoms with van der Waals surface area (Å²) in [6.45, 7) is 2.67. The summed E-state index contributed by atoms with van der Waals surface area (Å²) in [7, 11) is 0. The van der Waals surface area contributed by atoms with Crippen LogP contribution in [0.15, 0.2) is 64.4 Å². The number of aryl methyl sites for hydroxylation is 1. The van der Waals surface area contributed by atoms with E-state index in [1.165, 1.54) is 10.6 Å². The zero-order chi connectivity index (χ0) is 27.3. The van der Waals surface area contributed by atoms with E-state index in [4.69, 9.17) is 11.0 Å². The Morgan fingerprint density at radius 3 is 2.63 bits per heavy atom. The maximum atomic E-state index is 13.2. The largest absolute Gasteiger partial charge is 0.446 e. The second-order valence-electron chi connectivity index (χ2n) is 9.09. The Balaban J connectivity index is 1.66. The minimum Gasteiger partial charge on any atom is -0.339 e. The van der Waals surface area contributed by atoms with Crippen LogP contribution < -0.4 is 16.7 Å². The number of alkyl halides is 3. The van der Waals surface area contributed by atoms with Crippen LogP contribution in [0.25, 0.3) is 28.0 Å². The summed E-state index contributed by atoms with van der Waals surface area (Å²) in [5.41, 5.74) is 4.80. The molecule has 38 heavy (non-hydrogen) atoms. The fourth-order valence-electron chi connectivity index (χ4n) is 4.15. The Morgan fingerprint density at radius 1 is 1.18 bits per heavy atom. The number of hydrogen-bond acceptors (Lipinski definition) is 6. The van der Waals surface area contributed by atoms with Crippen LogP contribution in [0, 0.1) is 11.3 Å². The Bertz CT molecular complexity index is 1500. The van der Waals surface area contributed by atoms with Gasteiger partial charge in [-0.3, -0.25) is 4.57 Å². The number of aromatic nitrogens is 3. The first-order valence-corrected chi connectivity index (χ1v) is 12.9. The van der Waals surface area contributed by atoms with Crippen molar-refractivity contribution in [1.29, 1.82) is 5.26 Å². The summed E-state index contributed by atoms with van der Waals surface area (Å²) in [6.07, 6.45) is 3.79. The first-order valence-electron chi connectivity index (χ1n) is 12.1. The number of benzene rings is 2. The van der Waals surface area contributed by atoms with Gasteiger partial charge in [0.1, 0.15) is 5.65 Å². The number of rotatable bonds is 10. The summed E-state index contributed by atoms with van der Waals surface area (Å²) in [5.74, 6) is 0. The van der Waals surface area contributed by atoms with E-state index >= 15 is 0 Å². The predicted octanol–water partition coefficient (Wildman–Crippen LogP) is 5.28. The third-order valence-electron chi connectivity index (χ3n) is 5.89.